The fourth-order valence-electron chi connectivity index (χ4n) is 3.22. The Kier molecular flexibility index (Phi) is 5.33. The molecular weight excluding hydrogens is 330 g/mol. The summed E-state index contributed by atoms with van der Waals surface area (Å²) in [5.41, 5.74) is 2.64. The van der Waals surface area contributed by atoms with Crippen molar-refractivity contribution in [1.82, 2.24) is 5.32 Å². The molecule has 0 aromatic heterocycles. The molecule has 0 saturated heterocycles. The van der Waals surface area contributed by atoms with Crippen LogP contribution in [0.25, 0.3) is 0 Å². The molecule has 1 N–H and O–H groups in total. The van der Waals surface area contributed by atoms with Crippen LogP contribution in [0.2, 0.25) is 0 Å². The monoisotopic (exact) mass is 355 g/mol. The minimum atomic E-state index is 0.0818. The number of halogens is 1. The van der Waals surface area contributed by atoms with Gasteiger partial charge in [-0.1, -0.05) is 36.7 Å². The van der Waals surface area contributed by atoms with Crippen molar-refractivity contribution in [1.29, 1.82) is 0 Å². The lowest BCUT2D eigenvalue weighted by atomic mass is 9.82. The first kappa shape index (κ1) is 16.8. The first-order chi connectivity index (χ1) is 9.86. The van der Waals surface area contributed by atoms with Gasteiger partial charge in [-0.15, -0.1) is 0 Å². The zero-order valence-corrected chi connectivity index (χ0v) is 15.2. The number of hydrogen-bond donors (Lipinski definition) is 1. The van der Waals surface area contributed by atoms with Gasteiger partial charge in [0.05, 0.1) is 12.7 Å². The van der Waals surface area contributed by atoms with E-state index in [1.807, 2.05) is 7.05 Å². The molecular formula is C17H26BrNO2. The highest BCUT2D eigenvalue weighted by Gasteiger charge is 2.32. The molecule has 2 rings (SSSR count). The summed E-state index contributed by atoms with van der Waals surface area (Å²) in [6, 6.07) is 4.58. The van der Waals surface area contributed by atoms with E-state index in [0.29, 0.717) is 0 Å². The Labute approximate surface area is 136 Å². The van der Waals surface area contributed by atoms with Crippen molar-refractivity contribution in [2.75, 3.05) is 20.8 Å². The highest BCUT2D eigenvalue weighted by atomic mass is 79.9. The van der Waals surface area contributed by atoms with Crippen LogP contribution in [0.1, 0.15) is 31.9 Å². The number of likely N-dealkylation sites (N-methyl/N-ethyl adjacent to an activating group) is 1. The van der Waals surface area contributed by atoms with Crippen molar-refractivity contribution in [3.63, 3.8) is 0 Å². The molecule has 0 aliphatic carbocycles. The number of benzene rings is 1. The second kappa shape index (κ2) is 6.67. The molecule has 2 atom stereocenters. The van der Waals surface area contributed by atoms with Crippen LogP contribution in [0, 0.1) is 5.41 Å². The first-order valence-corrected chi connectivity index (χ1v) is 8.30. The highest BCUT2D eigenvalue weighted by molar-refractivity contribution is 9.10. The molecule has 0 fully saturated rings. The summed E-state index contributed by atoms with van der Waals surface area (Å²) < 4.78 is 12.7. The molecule has 1 aliphatic heterocycles. The Balaban J connectivity index is 2.27. The van der Waals surface area contributed by atoms with Gasteiger partial charge in [-0.25, -0.2) is 0 Å². The van der Waals surface area contributed by atoms with Crippen molar-refractivity contribution in [3.05, 3.63) is 27.7 Å². The quantitative estimate of drug-likeness (QED) is 0.875. The molecule has 0 spiro atoms. The molecule has 21 heavy (non-hydrogen) atoms. The van der Waals surface area contributed by atoms with Gasteiger partial charge in [0, 0.05) is 24.0 Å². The largest absolute Gasteiger partial charge is 0.493 e. The van der Waals surface area contributed by atoms with Gasteiger partial charge in [0.2, 0.25) is 0 Å². The molecule has 2 unspecified atom stereocenters. The van der Waals surface area contributed by atoms with Crippen molar-refractivity contribution in [3.8, 4) is 5.75 Å². The molecule has 1 aliphatic rings. The van der Waals surface area contributed by atoms with E-state index in [0.717, 1.165) is 29.7 Å². The van der Waals surface area contributed by atoms with E-state index in [2.05, 4.69) is 54.2 Å². The SMILES string of the molecule is CNC(Cc1cc(Br)cc2c1OCC2)C(OC)C(C)(C)C. The Morgan fingerprint density at radius 1 is 1.38 bits per heavy atom. The Hall–Kier alpha value is -0.580. The molecule has 0 bridgehead atoms. The average molecular weight is 356 g/mol. The van der Waals surface area contributed by atoms with Crippen LogP contribution < -0.4 is 10.1 Å². The topological polar surface area (TPSA) is 30.5 Å². The first-order valence-electron chi connectivity index (χ1n) is 7.51. The lowest BCUT2D eigenvalue weighted by molar-refractivity contribution is -0.00931. The average Bonchev–Trinajstić information content (AvgIpc) is 2.84. The van der Waals surface area contributed by atoms with Crippen LogP contribution in [0.3, 0.4) is 0 Å². The van der Waals surface area contributed by atoms with Gasteiger partial charge >= 0.3 is 0 Å². The number of hydrogen-bond acceptors (Lipinski definition) is 3. The molecule has 0 radical (unpaired) electrons. The van der Waals surface area contributed by atoms with Crippen LogP contribution in [0.15, 0.2) is 16.6 Å². The number of fused-ring (bicyclic) bond motifs is 1. The third-order valence-corrected chi connectivity index (χ3v) is 4.57. The third-order valence-electron chi connectivity index (χ3n) is 4.11. The van der Waals surface area contributed by atoms with Gasteiger partial charge in [0.25, 0.3) is 0 Å². The van der Waals surface area contributed by atoms with Gasteiger partial charge < -0.3 is 14.8 Å². The van der Waals surface area contributed by atoms with Gasteiger partial charge in [-0.3, -0.25) is 0 Å². The Morgan fingerprint density at radius 3 is 2.67 bits per heavy atom. The summed E-state index contributed by atoms with van der Waals surface area (Å²) in [6.07, 6.45) is 2.03. The number of methoxy groups -OCH3 is 1. The number of rotatable bonds is 5. The van der Waals surface area contributed by atoms with Crippen LogP contribution in [-0.4, -0.2) is 32.9 Å². The standard InChI is InChI=1S/C17H26BrNO2/c1-17(2,3)16(20-5)14(19-4)10-12-9-13(18)8-11-6-7-21-15(11)12/h8-9,14,16,19H,6-7,10H2,1-5H3. The fraction of sp³-hybridized carbons (Fsp3) is 0.647. The zero-order chi connectivity index (χ0) is 15.6. The maximum absolute atomic E-state index is 5.84. The minimum absolute atomic E-state index is 0.0818. The lowest BCUT2D eigenvalue weighted by Gasteiger charge is -2.36. The molecule has 1 aromatic carbocycles. The molecule has 118 valence electrons. The highest BCUT2D eigenvalue weighted by Crippen LogP contribution is 2.35. The summed E-state index contributed by atoms with van der Waals surface area (Å²) in [6.45, 7) is 7.43. The predicted molar refractivity (Wildman–Crippen MR) is 90.1 cm³/mol. The van der Waals surface area contributed by atoms with E-state index in [4.69, 9.17) is 9.47 Å². The Morgan fingerprint density at radius 2 is 2.10 bits per heavy atom. The van der Waals surface area contributed by atoms with Crippen LogP contribution in [-0.2, 0) is 17.6 Å². The smallest absolute Gasteiger partial charge is 0.125 e. The van der Waals surface area contributed by atoms with E-state index in [9.17, 15) is 0 Å². The van der Waals surface area contributed by atoms with E-state index in [1.54, 1.807) is 7.11 Å². The van der Waals surface area contributed by atoms with Gasteiger partial charge in [0.1, 0.15) is 5.75 Å². The molecule has 1 heterocycles. The normalized spacial score (nSPS) is 17.2. The summed E-state index contributed by atoms with van der Waals surface area (Å²) in [5, 5.41) is 3.42. The van der Waals surface area contributed by atoms with Crippen molar-refractivity contribution in [2.24, 2.45) is 5.41 Å². The molecule has 4 heteroatoms. The van der Waals surface area contributed by atoms with Crippen molar-refractivity contribution in [2.45, 2.75) is 45.8 Å². The van der Waals surface area contributed by atoms with Gasteiger partial charge in [0.15, 0.2) is 0 Å². The summed E-state index contributed by atoms with van der Waals surface area (Å²) in [5.74, 6) is 1.07. The van der Waals surface area contributed by atoms with Crippen molar-refractivity contribution >= 4 is 15.9 Å². The lowest BCUT2D eigenvalue weighted by Crippen LogP contribution is -2.47. The molecule has 0 amide bonds. The zero-order valence-electron chi connectivity index (χ0n) is 13.6. The maximum atomic E-state index is 5.84. The predicted octanol–water partition coefficient (Wildman–Crippen LogP) is 3.58. The summed E-state index contributed by atoms with van der Waals surface area (Å²) in [7, 11) is 3.80. The number of nitrogens with one attached hydrogen (secondary N) is 1. The van der Waals surface area contributed by atoms with Gasteiger partial charge in [-0.2, -0.15) is 0 Å². The van der Waals surface area contributed by atoms with E-state index in [1.165, 1.54) is 11.1 Å². The third kappa shape index (κ3) is 3.79. The van der Waals surface area contributed by atoms with E-state index < -0.39 is 0 Å². The second-order valence-electron chi connectivity index (χ2n) is 6.77. The minimum Gasteiger partial charge on any atom is -0.493 e. The second-order valence-corrected chi connectivity index (χ2v) is 7.69. The Bertz CT molecular complexity index is 496. The maximum Gasteiger partial charge on any atom is 0.125 e. The molecule has 3 nitrogen and oxygen atoms in total. The van der Waals surface area contributed by atoms with E-state index >= 15 is 0 Å². The molecule has 1 aromatic rings. The fourth-order valence-corrected chi connectivity index (χ4v) is 3.77. The van der Waals surface area contributed by atoms with Gasteiger partial charge in [-0.05, 0) is 42.1 Å². The van der Waals surface area contributed by atoms with Crippen LogP contribution >= 0.6 is 15.9 Å². The molecule has 0 saturated carbocycles. The van der Waals surface area contributed by atoms with Crippen molar-refractivity contribution < 1.29 is 9.47 Å². The van der Waals surface area contributed by atoms with Crippen LogP contribution in [0.4, 0.5) is 0 Å². The van der Waals surface area contributed by atoms with E-state index in [-0.39, 0.29) is 17.6 Å². The summed E-state index contributed by atoms with van der Waals surface area (Å²) >= 11 is 3.61. The summed E-state index contributed by atoms with van der Waals surface area (Å²) in [4.78, 5) is 0. The van der Waals surface area contributed by atoms with Crippen LogP contribution in [0.5, 0.6) is 5.75 Å². The number of ether oxygens (including phenoxy) is 2.